The molecule has 3 aromatic rings. The predicted molar refractivity (Wildman–Crippen MR) is 75.1 cm³/mol. The van der Waals surface area contributed by atoms with Crippen LogP contribution in [0.2, 0.25) is 0 Å². The van der Waals surface area contributed by atoms with Gasteiger partial charge in [0.2, 0.25) is 5.88 Å². The first-order valence-corrected chi connectivity index (χ1v) is 6.27. The van der Waals surface area contributed by atoms with E-state index < -0.39 is 0 Å². The van der Waals surface area contributed by atoms with Gasteiger partial charge in [-0.15, -0.1) is 0 Å². The first kappa shape index (κ1) is 12.3. The van der Waals surface area contributed by atoms with Crippen LogP contribution in [0.1, 0.15) is 6.92 Å². The zero-order chi connectivity index (χ0) is 13.9. The molecule has 0 atom stereocenters. The highest BCUT2D eigenvalue weighted by Gasteiger charge is 2.18. The van der Waals surface area contributed by atoms with Gasteiger partial charge in [0.1, 0.15) is 11.4 Å². The number of rotatable bonds is 4. The molecule has 1 aromatic carbocycles. The largest absolute Gasteiger partial charge is 0.494 e. The molecule has 6 heteroatoms. The Morgan fingerprint density at radius 2 is 2.05 bits per heavy atom. The fourth-order valence-corrected chi connectivity index (χ4v) is 2.04. The average molecular weight is 270 g/mol. The van der Waals surface area contributed by atoms with E-state index in [2.05, 4.69) is 15.4 Å². The third-order valence-corrected chi connectivity index (χ3v) is 2.94. The second kappa shape index (κ2) is 5.08. The summed E-state index contributed by atoms with van der Waals surface area (Å²) in [5, 5.41) is 10.7. The summed E-state index contributed by atoms with van der Waals surface area (Å²) in [6.45, 7) is 2.58. The number of nitrogen functional groups attached to an aromatic ring is 1. The maximum atomic E-state index is 5.89. The number of nitrogens with zero attached hydrogens (tertiary/aromatic N) is 2. The van der Waals surface area contributed by atoms with Gasteiger partial charge in [-0.3, -0.25) is 5.10 Å². The van der Waals surface area contributed by atoms with Gasteiger partial charge in [-0.25, -0.2) is 0 Å². The van der Waals surface area contributed by atoms with Crippen molar-refractivity contribution in [2.45, 2.75) is 6.92 Å². The molecule has 0 aliphatic carbocycles. The minimum absolute atomic E-state index is 0.283. The molecule has 0 saturated carbocycles. The van der Waals surface area contributed by atoms with E-state index in [4.69, 9.17) is 15.0 Å². The molecule has 0 fully saturated rings. The van der Waals surface area contributed by atoms with E-state index >= 15 is 0 Å². The molecule has 0 aliphatic rings. The van der Waals surface area contributed by atoms with Crippen LogP contribution in [0.25, 0.3) is 22.4 Å². The highest BCUT2D eigenvalue weighted by Crippen LogP contribution is 2.36. The number of H-pyrrole nitrogens is 1. The lowest BCUT2D eigenvalue weighted by Gasteiger charge is -2.05. The van der Waals surface area contributed by atoms with Gasteiger partial charge < -0.3 is 15.0 Å². The van der Waals surface area contributed by atoms with E-state index in [9.17, 15) is 0 Å². The second-order valence-electron chi connectivity index (χ2n) is 4.21. The van der Waals surface area contributed by atoms with E-state index in [1.807, 2.05) is 31.2 Å². The first-order valence-electron chi connectivity index (χ1n) is 6.27. The Morgan fingerprint density at radius 1 is 1.25 bits per heavy atom. The first-order chi connectivity index (χ1) is 9.79. The van der Waals surface area contributed by atoms with Crippen LogP contribution in [-0.2, 0) is 0 Å². The van der Waals surface area contributed by atoms with Gasteiger partial charge in [-0.1, -0.05) is 17.3 Å². The summed E-state index contributed by atoms with van der Waals surface area (Å²) in [6.07, 6.45) is 3.42. The van der Waals surface area contributed by atoms with Crippen LogP contribution in [0, 0.1) is 0 Å². The molecule has 3 rings (SSSR count). The Labute approximate surface area is 115 Å². The van der Waals surface area contributed by atoms with E-state index in [1.165, 1.54) is 0 Å². The summed E-state index contributed by atoms with van der Waals surface area (Å²) in [7, 11) is 0. The number of nitrogens with two attached hydrogens (primary N) is 1. The number of nitrogens with one attached hydrogen (secondary N) is 1. The van der Waals surface area contributed by atoms with Crippen molar-refractivity contribution in [2.75, 3.05) is 12.3 Å². The SMILES string of the molecule is CCOc1ccc(-c2c(-c3cn[nH]c3)noc2N)cc1. The topological polar surface area (TPSA) is 90.0 Å². The number of hydrogen-bond acceptors (Lipinski definition) is 5. The number of ether oxygens (including phenoxy) is 1. The van der Waals surface area contributed by atoms with Gasteiger partial charge >= 0.3 is 0 Å². The van der Waals surface area contributed by atoms with Gasteiger partial charge in [0.15, 0.2) is 0 Å². The average Bonchev–Trinajstić information content (AvgIpc) is 3.09. The van der Waals surface area contributed by atoms with Gasteiger partial charge in [0.05, 0.1) is 18.4 Å². The number of hydrogen-bond donors (Lipinski definition) is 2. The van der Waals surface area contributed by atoms with E-state index in [1.54, 1.807) is 12.4 Å². The molecule has 102 valence electrons. The summed E-state index contributed by atoms with van der Waals surface area (Å²) in [4.78, 5) is 0. The maximum Gasteiger partial charge on any atom is 0.230 e. The van der Waals surface area contributed by atoms with Crippen molar-refractivity contribution in [3.05, 3.63) is 36.7 Å². The highest BCUT2D eigenvalue weighted by atomic mass is 16.5. The molecular formula is C14H14N4O2. The Hall–Kier alpha value is -2.76. The zero-order valence-electron chi connectivity index (χ0n) is 11.0. The molecule has 0 spiro atoms. The van der Waals surface area contributed by atoms with Crippen LogP contribution < -0.4 is 10.5 Å². The number of anilines is 1. The third-order valence-electron chi connectivity index (χ3n) is 2.94. The molecule has 0 radical (unpaired) electrons. The monoisotopic (exact) mass is 270 g/mol. The van der Waals surface area contributed by atoms with Gasteiger partial charge in [-0.05, 0) is 24.6 Å². The van der Waals surface area contributed by atoms with Crippen LogP contribution >= 0.6 is 0 Å². The van der Waals surface area contributed by atoms with Crippen molar-refractivity contribution in [3.63, 3.8) is 0 Å². The third kappa shape index (κ3) is 2.11. The molecule has 2 aromatic heterocycles. The summed E-state index contributed by atoms with van der Waals surface area (Å²) < 4.78 is 10.5. The lowest BCUT2D eigenvalue weighted by Crippen LogP contribution is -1.91. The number of aromatic nitrogens is 3. The minimum atomic E-state index is 0.283. The summed E-state index contributed by atoms with van der Waals surface area (Å²) >= 11 is 0. The number of aromatic amines is 1. The van der Waals surface area contributed by atoms with Crippen molar-refractivity contribution in [1.82, 2.24) is 15.4 Å². The van der Waals surface area contributed by atoms with Gasteiger partial charge in [-0.2, -0.15) is 5.10 Å². The molecule has 0 bridgehead atoms. The predicted octanol–water partition coefficient (Wildman–Crippen LogP) is 2.71. The Morgan fingerprint density at radius 3 is 2.70 bits per heavy atom. The summed E-state index contributed by atoms with van der Waals surface area (Å²) in [5.74, 6) is 1.10. The molecule has 3 N–H and O–H groups in total. The Bertz CT molecular complexity index is 687. The van der Waals surface area contributed by atoms with Crippen LogP contribution in [-0.4, -0.2) is 22.0 Å². The second-order valence-corrected chi connectivity index (χ2v) is 4.21. The van der Waals surface area contributed by atoms with Crippen molar-refractivity contribution >= 4 is 5.88 Å². The van der Waals surface area contributed by atoms with Crippen molar-refractivity contribution in [2.24, 2.45) is 0 Å². The van der Waals surface area contributed by atoms with E-state index in [0.29, 0.717) is 12.3 Å². The fraction of sp³-hybridized carbons (Fsp3) is 0.143. The van der Waals surface area contributed by atoms with E-state index in [0.717, 1.165) is 22.4 Å². The molecular weight excluding hydrogens is 256 g/mol. The molecule has 0 saturated heterocycles. The molecule has 0 aliphatic heterocycles. The normalized spacial score (nSPS) is 10.7. The Kier molecular flexibility index (Phi) is 3.12. The van der Waals surface area contributed by atoms with Crippen LogP contribution in [0.15, 0.2) is 41.2 Å². The highest BCUT2D eigenvalue weighted by molar-refractivity contribution is 5.86. The molecule has 0 unspecified atom stereocenters. The molecule has 20 heavy (non-hydrogen) atoms. The lowest BCUT2D eigenvalue weighted by atomic mass is 10.0. The Balaban J connectivity index is 2.03. The minimum Gasteiger partial charge on any atom is -0.494 e. The van der Waals surface area contributed by atoms with Crippen molar-refractivity contribution in [1.29, 1.82) is 0 Å². The molecule has 0 amide bonds. The smallest absolute Gasteiger partial charge is 0.230 e. The van der Waals surface area contributed by atoms with Gasteiger partial charge in [0.25, 0.3) is 0 Å². The molecule has 6 nitrogen and oxygen atoms in total. The summed E-state index contributed by atoms with van der Waals surface area (Å²) in [5.41, 5.74) is 9.06. The van der Waals surface area contributed by atoms with Crippen molar-refractivity contribution < 1.29 is 9.26 Å². The zero-order valence-corrected chi connectivity index (χ0v) is 11.0. The van der Waals surface area contributed by atoms with Crippen LogP contribution in [0.3, 0.4) is 0 Å². The van der Waals surface area contributed by atoms with Crippen molar-refractivity contribution in [3.8, 4) is 28.1 Å². The fourth-order valence-electron chi connectivity index (χ4n) is 2.04. The number of benzene rings is 1. The quantitative estimate of drug-likeness (QED) is 0.760. The van der Waals surface area contributed by atoms with E-state index in [-0.39, 0.29) is 5.88 Å². The van der Waals surface area contributed by atoms with Gasteiger partial charge in [0, 0.05) is 11.8 Å². The van der Waals surface area contributed by atoms with Crippen LogP contribution in [0.5, 0.6) is 5.75 Å². The standard InChI is InChI=1S/C14H14N4O2/c1-2-19-11-5-3-9(4-6-11)12-13(18-20-14(12)15)10-7-16-17-8-10/h3-8H,2,15H2,1H3,(H,16,17). The molecule has 2 heterocycles. The summed E-state index contributed by atoms with van der Waals surface area (Å²) in [6, 6.07) is 7.64. The van der Waals surface area contributed by atoms with Crippen LogP contribution in [0.4, 0.5) is 5.88 Å². The lowest BCUT2D eigenvalue weighted by molar-refractivity contribution is 0.340. The maximum absolute atomic E-state index is 5.89.